The summed E-state index contributed by atoms with van der Waals surface area (Å²) in [5.74, 6) is 0.156. The summed E-state index contributed by atoms with van der Waals surface area (Å²) in [5.41, 5.74) is 0.0157. The Bertz CT molecular complexity index is 246. The normalized spacial score (nSPS) is 18.6. The van der Waals surface area contributed by atoms with Crippen molar-refractivity contribution in [2.75, 3.05) is 32.8 Å². The molecule has 0 spiro atoms. The van der Waals surface area contributed by atoms with Gasteiger partial charge in [0.15, 0.2) is 0 Å². The van der Waals surface area contributed by atoms with Crippen molar-refractivity contribution in [2.24, 2.45) is 5.41 Å². The minimum absolute atomic E-state index is 0.0157. The molecule has 0 heterocycles. The number of likely N-dealkylation sites (N-methyl/N-ethyl adjacent to an activating group) is 1. The van der Waals surface area contributed by atoms with E-state index in [9.17, 15) is 9.90 Å². The van der Waals surface area contributed by atoms with Crippen LogP contribution in [0.15, 0.2) is 0 Å². The zero-order valence-corrected chi connectivity index (χ0v) is 11.9. The lowest BCUT2D eigenvalue weighted by molar-refractivity contribution is -0.130. The summed E-state index contributed by atoms with van der Waals surface area (Å²) >= 11 is 0. The van der Waals surface area contributed by atoms with E-state index in [4.69, 9.17) is 0 Å². The molecule has 0 radical (unpaired) electrons. The number of nitrogens with zero attached hydrogens (tertiary/aromatic N) is 1. The summed E-state index contributed by atoms with van der Waals surface area (Å²) in [6.07, 6.45) is 5.84. The van der Waals surface area contributed by atoms with E-state index < -0.39 is 0 Å². The fourth-order valence-electron chi connectivity index (χ4n) is 2.82. The van der Waals surface area contributed by atoms with Gasteiger partial charge in [-0.2, -0.15) is 0 Å². The predicted molar refractivity (Wildman–Crippen MR) is 73.4 cm³/mol. The van der Waals surface area contributed by atoms with Crippen molar-refractivity contribution in [3.05, 3.63) is 0 Å². The van der Waals surface area contributed by atoms with Gasteiger partial charge in [-0.3, -0.25) is 4.79 Å². The highest BCUT2D eigenvalue weighted by atomic mass is 16.3. The summed E-state index contributed by atoms with van der Waals surface area (Å²) in [6.45, 7) is 6.92. The van der Waals surface area contributed by atoms with E-state index in [0.29, 0.717) is 6.54 Å². The number of carbonyl (C=O) groups excluding carboxylic acids is 1. The van der Waals surface area contributed by atoms with Gasteiger partial charge in [0.05, 0.1) is 6.54 Å². The molecular formula is C14H28N2O2. The Morgan fingerprint density at radius 2 is 1.83 bits per heavy atom. The molecule has 0 bridgehead atoms. The molecular weight excluding hydrogens is 228 g/mol. The number of carbonyl (C=O) groups is 1. The SMILES string of the molecule is CCN(CC)C(=O)CNCC1(CO)CCCCC1. The van der Waals surface area contributed by atoms with Gasteiger partial charge >= 0.3 is 0 Å². The van der Waals surface area contributed by atoms with Gasteiger partial charge < -0.3 is 15.3 Å². The second-order valence-electron chi connectivity index (χ2n) is 5.39. The highest BCUT2D eigenvalue weighted by Gasteiger charge is 2.31. The van der Waals surface area contributed by atoms with Gasteiger partial charge in [-0.15, -0.1) is 0 Å². The lowest BCUT2D eigenvalue weighted by Crippen LogP contribution is -2.44. The molecule has 0 saturated heterocycles. The van der Waals surface area contributed by atoms with Crippen LogP contribution in [0.1, 0.15) is 46.0 Å². The van der Waals surface area contributed by atoms with E-state index in [1.54, 1.807) is 0 Å². The van der Waals surface area contributed by atoms with E-state index in [2.05, 4.69) is 5.32 Å². The molecule has 4 nitrogen and oxygen atoms in total. The average Bonchev–Trinajstić information content (AvgIpc) is 2.41. The van der Waals surface area contributed by atoms with Crippen molar-refractivity contribution >= 4 is 5.91 Å². The molecule has 1 aliphatic rings. The Morgan fingerprint density at radius 3 is 2.33 bits per heavy atom. The highest BCUT2D eigenvalue weighted by molar-refractivity contribution is 5.78. The lowest BCUT2D eigenvalue weighted by Gasteiger charge is -2.36. The first-order valence-electron chi connectivity index (χ1n) is 7.27. The monoisotopic (exact) mass is 256 g/mol. The van der Waals surface area contributed by atoms with Crippen molar-refractivity contribution in [2.45, 2.75) is 46.0 Å². The van der Waals surface area contributed by atoms with Gasteiger partial charge in [0.25, 0.3) is 0 Å². The zero-order valence-electron chi connectivity index (χ0n) is 11.9. The van der Waals surface area contributed by atoms with Crippen LogP contribution in [0.3, 0.4) is 0 Å². The van der Waals surface area contributed by atoms with Gasteiger partial charge in [0, 0.05) is 31.7 Å². The molecule has 0 aromatic carbocycles. The number of aliphatic hydroxyl groups excluding tert-OH is 1. The minimum Gasteiger partial charge on any atom is -0.396 e. The Kier molecular flexibility index (Phi) is 6.65. The third kappa shape index (κ3) is 4.25. The summed E-state index contributed by atoms with van der Waals surface area (Å²) in [5, 5.41) is 12.8. The van der Waals surface area contributed by atoms with E-state index in [-0.39, 0.29) is 17.9 Å². The molecule has 18 heavy (non-hydrogen) atoms. The molecule has 1 amide bonds. The number of rotatable bonds is 7. The van der Waals surface area contributed by atoms with Crippen LogP contribution in [0.2, 0.25) is 0 Å². The molecule has 106 valence electrons. The summed E-state index contributed by atoms with van der Waals surface area (Å²) < 4.78 is 0. The maximum Gasteiger partial charge on any atom is 0.236 e. The third-order valence-corrected chi connectivity index (χ3v) is 4.14. The van der Waals surface area contributed by atoms with E-state index in [0.717, 1.165) is 32.5 Å². The lowest BCUT2D eigenvalue weighted by atomic mass is 9.74. The van der Waals surface area contributed by atoms with Crippen LogP contribution in [-0.4, -0.2) is 48.7 Å². The first kappa shape index (κ1) is 15.4. The molecule has 0 atom stereocenters. The van der Waals surface area contributed by atoms with Crippen LogP contribution in [0, 0.1) is 5.41 Å². The smallest absolute Gasteiger partial charge is 0.236 e. The number of aliphatic hydroxyl groups is 1. The van der Waals surface area contributed by atoms with Gasteiger partial charge in [-0.25, -0.2) is 0 Å². The Balaban J connectivity index is 2.33. The Labute approximate surface area is 111 Å². The molecule has 1 rings (SSSR count). The van der Waals surface area contributed by atoms with Crippen molar-refractivity contribution in [3.8, 4) is 0 Å². The molecule has 0 aliphatic heterocycles. The summed E-state index contributed by atoms with van der Waals surface area (Å²) in [6, 6.07) is 0. The van der Waals surface area contributed by atoms with Crippen LogP contribution in [0.5, 0.6) is 0 Å². The van der Waals surface area contributed by atoms with E-state index in [1.165, 1.54) is 19.3 Å². The maximum absolute atomic E-state index is 11.8. The molecule has 4 heteroatoms. The van der Waals surface area contributed by atoms with Crippen LogP contribution in [0.25, 0.3) is 0 Å². The zero-order chi connectivity index (χ0) is 13.4. The second-order valence-corrected chi connectivity index (χ2v) is 5.39. The predicted octanol–water partition coefficient (Wildman–Crippen LogP) is 1.39. The molecule has 0 aromatic heterocycles. The molecule has 1 saturated carbocycles. The van der Waals surface area contributed by atoms with Gasteiger partial charge in [-0.05, 0) is 26.7 Å². The van der Waals surface area contributed by atoms with Crippen molar-refractivity contribution in [1.29, 1.82) is 0 Å². The molecule has 0 aromatic rings. The second kappa shape index (κ2) is 7.74. The molecule has 1 fully saturated rings. The largest absolute Gasteiger partial charge is 0.396 e. The highest BCUT2D eigenvalue weighted by Crippen LogP contribution is 2.35. The van der Waals surface area contributed by atoms with Crippen LogP contribution in [0.4, 0.5) is 0 Å². The van der Waals surface area contributed by atoms with Crippen LogP contribution in [-0.2, 0) is 4.79 Å². The van der Waals surface area contributed by atoms with E-state index in [1.807, 2.05) is 18.7 Å². The third-order valence-electron chi connectivity index (χ3n) is 4.14. The average molecular weight is 256 g/mol. The Hall–Kier alpha value is -0.610. The first-order valence-corrected chi connectivity index (χ1v) is 7.27. The van der Waals surface area contributed by atoms with Crippen molar-refractivity contribution in [1.82, 2.24) is 10.2 Å². The van der Waals surface area contributed by atoms with Crippen molar-refractivity contribution < 1.29 is 9.90 Å². The summed E-state index contributed by atoms with van der Waals surface area (Å²) in [4.78, 5) is 13.7. The van der Waals surface area contributed by atoms with Gasteiger partial charge in [0.1, 0.15) is 0 Å². The topological polar surface area (TPSA) is 52.6 Å². The number of hydrogen-bond donors (Lipinski definition) is 2. The standard InChI is InChI=1S/C14H28N2O2/c1-3-16(4-2)13(18)10-15-11-14(12-17)8-6-5-7-9-14/h15,17H,3-12H2,1-2H3. The molecule has 0 unspecified atom stereocenters. The minimum atomic E-state index is 0.0157. The number of hydrogen-bond acceptors (Lipinski definition) is 3. The van der Waals surface area contributed by atoms with Gasteiger partial charge in [-0.1, -0.05) is 19.3 Å². The van der Waals surface area contributed by atoms with Crippen LogP contribution >= 0.6 is 0 Å². The maximum atomic E-state index is 11.8. The van der Waals surface area contributed by atoms with Crippen molar-refractivity contribution in [3.63, 3.8) is 0 Å². The quantitative estimate of drug-likeness (QED) is 0.724. The van der Waals surface area contributed by atoms with Gasteiger partial charge in [0.2, 0.25) is 5.91 Å². The van der Waals surface area contributed by atoms with E-state index >= 15 is 0 Å². The molecule has 1 aliphatic carbocycles. The number of nitrogens with one attached hydrogen (secondary N) is 1. The first-order chi connectivity index (χ1) is 8.67. The fourth-order valence-corrected chi connectivity index (χ4v) is 2.82. The fraction of sp³-hybridized carbons (Fsp3) is 0.929. The Morgan fingerprint density at radius 1 is 1.22 bits per heavy atom. The molecule has 2 N–H and O–H groups in total. The number of amides is 1. The summed E-state index contributed by atoms with van der Waals surface area (Å²) in [7, 11) is 0. The van der Waals surface area contributed by atoms with Crippen LogP contribution < -0.4 is 5.32 Å².